The third kappa shape index (κ3) is 3.12. The van der Waals surface area contributed by atoms with Crippen molar-refractivity contribution in [2.24, 2.45) is 11.5 Å². The Bertz CT molecular complexity index is 467. The summed E-state index contributed by atoms with van der Waals surface area (Å²) in [6.45, 7) is 2.10. The largest absolute Gasteiger partial charge is 0.492 e. The van der Waals surface area contributed by atoms with Gasteiger partial charge in [-0.05, 0) is 35.0 Å². The SMILES string of the molecule is NCCOc1ccc2cc(OCCN)ccc2c1. The summed E-state index contributed by atoms with van der Waals surface area (Å²) in [6, 6.07) is 11.9. The van der Waals surface area contributed by atoms with Crippen molar-refractivity contribution in [3.63, 3.8) is 0 Å². The van der Waals surface area contributed by atoms with Crippen molar-refractivity contribution in [3.8, 4) is 11.5 Å². The number of ether oxygens (including phenoxy) is 2. The molecule has 4 N–H and O–H groups in total. The third-order valence-corrected chi connectivity index (χ3v) is 2.56. The lowest BCUT2D eigenvalue weighted by molar-refractivity contribution is 0.328. The Morgan fingerprint density at radius 2 is 1.17 bits per heavy atom. The average Bonchev–Trinajstić information content (AvgIpc) is 2.42. The van der Waals surface area contributed by atoms with Crippen LogP contribution in [0.15, 0.2) is 36.4 Å². The van der Waals surface area contributed by atoms with Gasteiger partial charge < -0.3 is 20.9 Å². The van der Waals surface area contributed by atoms with E-state index < -0.39 is 0 Å². The zero-order chi connectivity index (χ0) is 12.8. The van der Waals surface area contributed by atoms with Crippen molar-refractivity contribution in [3.05, 3.63) is 36.4 Å². The first-order chi connectivity index (χ1) is 8.83. The monoisotopic (exact) mass is 246 g/mol. The van der Waals surface area contributed by atoms with Crippen molar-refractivity contribution in [1.29, 1.82) is 0 Å². The quantitative estimate of drug-likeness (QED) is 0.810. The molecule has 0 saturated heterocycles. The predicted octanol–water partition coefficient (Wildman–Crippen LogP) is 1.51. The van der Waals surface area contributed by atoms with Crippen LogP contribution in [0.4, 0.5) is 0 Å². The lowest BCUT2D eigenvalue weighted by Crippen LogP contribution is -2.10. The molecule has 0 spiro atoms. The summed E-state index contributed by atoms with van der Waals surface area (Å²) < 4.78 is 11.0. The Balaban J connectivity index is 2.19. The number of fused-ring (bicyclic) bond motifs is 1. The van der Waals surface area contributed by atoms with Gasteiger partial charge >= 0.3 is 0 Å². The van der Waals surface area contributed by atoms with E-state index in [0.717, 1.165) is 22.3 Å². The van der Waals surface area contributed by atoms with Gasteiger partial charge in [-0.15, -0.1) is 0 Å². The highest BCUT2D eigenvalue weighted by Gasteiger charge is 2.00. The molecule has 0 unspecified atom stereocenters. The molecule has 0 atom stereocenters. The molecular formula is C14H18N2O2. The fourth-order valence-electron chi connectivity index (χ4n) is 1.74. The van der Waals surface area contributed by atoms with Crippen LogP contribution in [0.2, 0.25) is 0 Å². The molecule has 0 aliphatic heterocycles. The second-order valence-corrected chi connectivity index (χ2v) is 3.95. The maximum absolute atomic E-state index is 5.49. The van der Waals surface area contributed by atoms with Crippen LogP contribution < -0.4 is 20.9 Å². The summed E-state index contributed by atoms with van der Waals surface area (Å²) in [5, 5.41) is 2.23. The van der Waals surface area contributed by atoms with Crippen LogP contribution in [0, 0.1) is 0 Å². The number of hydrogen-bond acceptors (Lipinski definition) is 4. The maximum Gasteiger partial charge on any atom is 0.120 e. The maximum atomic E-state index is 5.49. The standard InChI is InChI=1S/C14H18N2O2/c15-5-7-17-13-3-1-11-9-14(18-8-6-16)4-2-12(11)10-13/h1-4,9-10H,5-8,15-16H2. The van der Waals surface area contributed by atoms with E-state index in [0.29, 0.717) is 26.3 Å². The zero-order valence-corrected chi connectivity index (χ0v) is 10.3. The molecule has 2 aromatic rings. The minimum absolute atomic E-state index is 0.518. The number of rotatable bonds is 6. The van der Waals surface area contributed by atoms with Gasteiger partial charge in [0.1, 0.15) is 24.7 Å². The zero-order valence-electron chi connectivity index (χ0n) is 10.3. The number of nitrogens with two attached hydrogens (primary N) is 2. The van der Waals surface area contributed by atoms with Crippen molar-refractivity contribution < 1.29 is 9.47 Å². The smallest absolute Gasteiger partial charge is 0.120 e. The molecule has 0 aliphatic carbocycles. The van der Waals surface area contributed by atoms with Crippen molar-refractivity contribution in [2.75, 3.05) is 26.3 Å². The molecule has 0 saturated carbocycles. The minimum atomic E-state index is 0.518. The van der Waals surface area contributed by atoms with Crippen LogP contribution >= 0.6 is 0 Å². The summed E-state index contributed by atoms with van der Waals surface area (Å²) in [7, 11) is 0. The van der Waals surface area contributed by atoms with Gasteiger partial charge in [-0.2, -0.15) is 0 Å². The molecule has 2 aromatic carbocycles. The van der Waals surface area contributed by atoms with Gasteiger partial charge in [-0.25, -0.2) is 0 Å². The van der Waals surface area contributed by atoms with E-state index in [9.17, 15) is 0 Å². The van der Waals surface area contributed by atoms with Gasteiger partial charge in [0.05, 0.1) is 0 Å². The van der Waals surface area contributed by atoms with Crippen LogP contribution in [0.1, 0.15) is 0 Å². The highest BCUT2D eigenvalue weighted by Crippen LogP contribution is 2.24. The molecule has 2 rings (SSSR count). The topological polar surface area (TPSA) is 70.5 Å². The van der Waals surface area contributed by atoms with Crippen molar-refractivity contribution >= 4 is 10.8 Å². The van der Waals surface area contributed by atoms with E-state index in [2.05, 4.69) is 0 Å². The summed E-state index contributed by atoms with van der Waals surface area (Å²) in [6.07, 6.45) is 0. The van der Waals surface area contributed by atoms with Crippen LogP contribution in [0.5, 0.6) is 11.5 Å². The predicted molar refractivity (Wildman–Crippen MR) is 73.0 cm³/mol. The lowest BCUT2D eigenvalue weighted by Gasteiger charge is -2.08. The van der Waals surface area contributed by atoms with Crippen LogP contribution in [-0.4, -0.2) is 26.3 Å². The highest BCUT2D eigenvalue weighted by molar-refractivity contribution is 5.85. The van der Waals surface area contributed by atoms with Crippen molar-refractivity contribution in [1.82, 2.24) is 0 Å². The molecule has 0 aliphatic rings. The Kier molecular flexibility index (Phi) is 4.39. The Morgan fingerprint density at radius 3 is 1.56 bits per heavy atom. The molecule has 0 radical (unpaired) electrons. The first-order valence-electron chi connectivity index (χ1n) is 6.03. The van der Waals surface area contributed by atoms with Crippen LogP contribution in [-0.2, 0) is 0 Å². The first kappa shape index (κ1) is 12.7. The number of hydrogen-bond donors (Lipinski definition) is 2. The Labute approximate surface area is 106 Å². The van der Waals surface area contributed by atoms with E-state index >= 15 is 0 Å². The molecule has 0 fully saturated rings. The molecule has 4 heteroatoms. The first-order valence-corrected chi connectivity index (χ1v) is 6.03. The fraction of sp³-hybridized carbons (Fsp3) is 0.286. The average molecular weight is 246 g/mol. The lowest BCUT2D eigenvalue weighted by atomic mass is 10.1. The van der Waals surface area contributed by atoms with Crippen LogP contribution in [0.25, 0.3) is 10.8 Å². The Morgan fingerprint density at radius 1 is 0.722 bits per heavy atom. The summed E-state index contributed by atoms with van der Waals surface area (Å²) in [4.78, 5) is 0. The van der Waals surface area contributed by atoms with E-state index in [1.54, 1.807) is 0 Å². The van der Waals surface area contributed by atoms with Gasteiger partial charge in [0.2, 0.25) is 0 Å². The fourth-order valence-corrected chi connectivity index (χ4v) is 1.74. The van der Waals surface area contributed by atoms with Gasteiger partial charge in [-0.3, -0.25) is 0 Å². The molecule has 0 heterocycles. The summed E-state index contributed by atoms with van der Waals surface area (Å²) in [5.74, 6) is 1.67. The van der Waals surface area contributed by atoms with Gasteiger partial charge in [0.25, 0.3) is 0 Å². The molecular weight excluding hydrogens is 228 g/mol. The van der Waals surface area contributed by atoms with E-state index in [4.69, 9.17) is 20.9 Å². The minimum Gasteiger partial charge on any atom is -0.492 e. The molecule has 18 heavy (non-hydrogen) atoms. The van der Waals surface area contributed by atoms with Gasteiger partial charge in [-0.1, -0.05) is 12.1 Å². The molecule has 0 amide bonds. The molecule has 0 bridgehead atoms. The Hall–Kier alpha value is -1.78. The molecule has 0 aromatic heterocycles. The summed E-state index contributed by atoms with van der Waals surface area (Å²) in [5.41, 5.74) is 10.8. The van der Waals surface area contributed by atoms with Gasteiger partial charge in [0, 0.05) is 13.1 Å². The van der Waals surface area contributed by atoms with Gasteiger partial charge in [0.15, 0.2) is 0 Å². The molecule has 4 nitrogen and oxygen atoms in total. The second kappa shape index (κ2) is 6.23. The van der Waals surface area contributed by atoms with E-state index in [1.165, 1.54) is 0 Å². The third-order valence-electron chi connectivity index (χ3n) is 2.56. The van der Waals surface area contributed by atoms with Crippen molar-refractivity contribution in [2.45, 2.75) is 0 Å². The highest BCUT2D eigenvalue weighted by atomic mass is 16.5. The molecule has 96 valence electrons. The van der Waals surface area contributed by atoms with E-state index in [-0.39, 0.29) is 0 Å². The summed E-state index contributed by atoms with van der Waals surface area (Å²) >= 11 is 0. The number of benzene rings is 2. The van der Waals surface area contributed by atoms with Crippen LogP contribution in [0.3, 0.4) is 0 Å². The van der Waals surface area contributed by atoms with E-state index in [1.807, 2.05) is 36.4 Å². The normalized spacial score (nSPS) is 10.6. The second-order valence-electron chi connectivity index (χ2n) is 3.95.